The Kier molecular flexibility index (Phi) is 4.74. The van der Waals surface area contributed by atoms with Crippen LogP contribution in [0, 0.1) is 11.3 Å². The largest absolute Gasteiger partial charge is 0.433 e. The number of nitrogens with one attached hydrogen (secondary N) is 2. The van der Waals surface area contributed by atoms with Gasteiger partial charge in [-0.05, 0) is 31.0 Å². The maximum Gasteiger partial charge on any atom is 0.433 e. The van der Waals surface area contributed by atoms with Gasteiger partial charge in [-0.15, -0.1) is 0 Å². The lowest BCUT2D eigenvalue weighted by Gasteiger charge is -2.15. The molecule has 1 aliphatic rings. The maximum absolute atomic E-state index is 13.1. The van der Waals surface area contributed by atoms with Crippen molar-refractivity contribution in [3.8, 4) is 6.07 Å². The Morgan fingerprint density at radius 1 is 1.12 bits per heavy atom. The number of anilines is 3. The minimum absolute atomic E-state index is 0.0258. The summed E-state index contributed by atoms with van der Waals surface area (Å²) in [5.74, 6) is -0.0152. The predicted octanol–water partition coefficient (Wildman–Crippen LogP) is 4.47. The molecule has 1 aromatic carbocycles. The van der Waals surface area contributed by atoms with E-state index in [9.17, 15) is 13.2 Å². The number of rotatable bonds is 4. The highest BCUT2D eigenvalue weighted by molar-refractivity contribution is 5.59. The molecule has 3 rings (SSSR count). The van der Waals surface area contributed by atoms with Crippen LogP contribution in [0.3, 0.4) is 0 Å². The molecule has 0 unspecified atom stereocenters. The lowest BCUT2D eigenvalue weighted by atomic mass is 10.2. The Labute approximate surface area is 142 Å². The Balaban J connectivity index is 1.89. The van der Waals surface area contributed by atoms with Crippen LogP contribution in [0.2, 0.25) is 0 Å². The van der Waals surface area contributed by atoms with E-state index in [2.05, 4.69) is 20.6 Å². The molecule has 1 heterocycles. The van der Waals surface area contributed by atoms with Crippen molar-refractivity contribution in [2.24, 2.45) is 0 Å². The summed E-state index contributed by atoms with van der Waals surface area (Å²) in [7, 11) is 0. The number of alkyl halides is 3. The fourth-order valence-electron chi connectivity index (χ4n) is 2.79. The van der Waals surface area contributed by atoms with Crippen molar-refractivity contribution < 1.29 is 13.2 Å². The molecule has 0 amide bonds. The Hall–Kier alpha value is -2.82. The molecule has 5 nitrogen and oxygen atoms in total. The summed E-state index contributed by atoms with van der Waals surface area (Å²) >= 11 is 0. The van der Waals surface area contributed by atoms with E-state index in [1.165, 1.54) is 0 Å². The topological polar surface area (TPSA) is 73.6 Å². The Bertz CT molecular complexity index is 792. The van der Waals surface area contributed by atoms with Crippen LogP contribution in [0.5, 0.6) is 0 Å². The van der Waals surface area contributed by atoms with Crippen LogP contribution < -0.4 is 10.6 Å². The second-order valence-electron chi connectivity index (χ2n) is 5.90. The highest BCUT2D eigenvalue weighted by atomic mass is 19.4. The van der Waals surface area contributed by atoms with Gasteiger partial charge in [-0.2, -0.15) is 23.4 Å². The number of hydrogen-bond acceptors (Lipinski definition) is 5. The van der Waals surface area contributed by atoms with Crippen LogP contribution >= 0.6 is 0 Å². The van der Waals surface area contributed by atoms with Crippen LogP contribution in [-0.4, -0.2) is 16.0 Å². The second-order valence-corrected chi connectivity index (χ2v) is 5.90. The first kappa shape index (κ1) is 17.0. The molecule has 1 aliphatic carbocycles. The minimum Gasteiger partial charge on any atom is -0.351 e. The van der Waals surface area contributed by atoms with E-state index < -0.39 is 11.9 Å². The van der Waals surface area contributed by atoms with Crippen molar-refractivity contribution in [2.75, 3.05) is 10.6 Å². The van der Waals surface area contributed by atoms with E-state index in [0.29, 0.717) is 11.3 Å². The van der Waals surface area contributed by atoms with Crippen LogP contribution in [0.4, 0.5) is 30.6 Å². The average molecular weight is 347 g/mol. The van der Waals surface area contributed by atoms with Crippen molar-refractivity contribution >= 4 is 17.5 Å². The van der Waals surface area contributed by atoms with E-state index in [1.807, 2.05) is 6.07 Å². The molecule has 8 heteroatoms. The van der Waals surface area contributed by atoms with Gasteiger partial charge in [0.05, 0.1) is 11.6 Å². The average Bonchev–Trinajstić information content (AvgIpc) is 3.07. The van der Waals surface area contributed by atoms with Crippen molar-refractivity contribution in [3.05, 3.63) is 41.6 Å². The van der Waals surface area contributed by atoms with Gasteiger partial charge >= 0.3 is 6.18 Å². The highest BCUT2D eigenvalue weighted by Gasteiger charge is 2.34. The third-order valence-corrected chi connectivity index (χ3v) is 3.97. The van der Waals surface area contributed by atoms with Crippen molar-refractivity contribution in [1.82, 2.24) is 9.97 Å². The maximum atomic E-state index is 13.1. The van der Waals surface area contributed by atoms with Crippen molar-refractivity contribution in [2.45, 2.75) is 37.9 Å². The van der Waals surface area contributed by atoms with E-state index in [0.717, 1.165) is 31.7 Å². The fourth-order valence-corrected chi connectivity index (χ4v) is 2.79. The molecule has 0 atom stereocenters. The van der Waals surface area contributed by atoms with Crippen LogP contribution in [0.1, 0.15) is 36.9 Å². The molecule has 0 bridgehead atoms. The Morgan fingerprint density at radius 2 is 1.88 bits per heavy atom. The van der Waals surface area contributed by atoms with Gasteiger partial charge in [-0.25, -0.2) is 4.98 Å². The summed E-state index contributed by atoms with van der Waals surface area (Å²) < 4.78 is 39.4. The van der Waals surface area contributed by atoms with E-state index in [4.69, 9.17) is 5.26 Å². The number of hydrogen-bond donors (Lipinski definition) is 2. The molecular weight excluding hydrogens is 331 g/mol. The molecule has 1 aromatic heterocycles. The summed E-state index contributed by atoms with van der Waals surface area (Å²) in [6, 6.07) is 9.39. The molecule has 0 aliphatic heterocycles. The molecule has 0 saturated heterocycles. The molecule has 2 aromatic rings. The van der Waals surface area contributed by atoms with Gasteiger partial charge in [0.15, 0.2) is 5.69 Å². The normalized spacial score (nSPS) is 15.0. The van der Waals surface area contributed by atoms with E-state index in [-0.39, 0.29) is 17.8 Å². The van der Waals surface area contributed by atoms with Crippen molar-refractivity contribution in [3.63, 3.8) is 0 Å². The van der Waals surface area contributed by atoms with Gasteiger partial charge in [0.2, 0.25) is 5.95 Å². The molecule has 0 spiro atoms. The quantitative estimate of drug-likeness (QED) is 0.854. The summed E-state index contributed by atoms with van der Waals surface area (Å²) in [6.45, 7) is 0. The van der Waals surface area contributed by atoms with Gasteiger partial charge in [0.25, 0.3) is 0 Å². The zero-order chi connectivity index (χ0) is 17.9. The van der Waals surface area contributed by atoms with E-state index in [1.54, 1.807) is 24.3 Å². The first-order valence-electron chi connectivity index (χ1n) is 7.94. The first-order valence-corrected chi connectivity index (χ1v) is 7.94. The highest BCUT2D eigenvalue weighted by Crippen LogP contribution is 2.31. The van der Waals surface area contributed by atoms with Gasteiger partial charge < -0.3 is 10.6 Å². The number of nitrogens with zero attached hydrogens (tertiary/aromatic N) is 3. The molecular formula is C17H16F3N5. The van der Waals surface area contributed by atoms with Gasteiger partial charge in [0.1, 0.15) is 5.82 Å². The fraction of sp³-hybridized carbons (Fsp3) is 0.353. The summed E-state index contributed by atoms with van der Waals surface area (Å²) in [6.07, 6.45) is -0.690. The lowest BCUT2D eigenvalue weighted by molar-refractivity contribution is -0.141. The van der Waals surface area contributed by atoms with Gasteiger partial charge in [-0.1, -0.05) is 18.9 Å². The smallest absolute Gasteiger partial charge is 0.351 e. The minimum atomic E-state index is -4.57. The predicted molar refractivity (Wildman–Crippen MR) is 87.4 cm³/mol. The third kappa shape index (κ3) is 4.38. The van der Waals surface area contributed by atoms with Gasteiger partial charge in [-0.3, -0.25) is 0 Å². The first-order chi connectivity index (χ1) is 11.9. The zero-order valence-corrected chi connectivity index (χ0v) is 13.3. The molecule has 0 radical (unpaired) electrons. The SMILES string of the molecule is N#Cc1cccc(Nc2cc(C(F)(F)F)nc(NC3CCCC3)n2)c1. The number of benzene rings is 1. The van der Waals surface area contributed by atoms with Crippen LogP contribution in [0.25, 0.3) is 0 Å². The van der Waals surface area contributed by atoms with Crippen LogP contribution in [0.15, 0.2) is 30.3 Å². The number of nitriles is 1. The Morgan fingerprint density at radius 3 is 2.56 bits per heavy atom. The molecule has 1 fully saturated rings. The van der Waals surface area contributed by atoms with Gasteiger partial charge in [0, 0.05) is 17.8 Å². The monoisotopic (exact) mass is 347 g/mol. The lowest BCUT2D eigenvalue weighted by Crippen LogP contribution is -2.19. The summed E-state index contributed by atoms with van der Waals surface area (Å²) in [5.41, 5.74) is -0.126. The van der Waals surface area contributed by atoms with Crippen molar-refractivity contribution in [1.29, 1.82) is 5.26 Å². The summed E-state index contributed by atoms with van der Waals surface area (Å²) in [4.78, 5) is 7.75. The molecule has 2 N–H and O–H groups in total. The molecule has 1 saturated carbocycles. The van der Waals surface area contributed by atoms with Crippen LogP contribution in [-0.2, 0) is 6.18 Å². The molecule has 130 valence electrons. The summed E-state index contributed by atoms with van der Waals surface area (Å²) in [5, 5.41) is 14.7. The standard InChI is InChI=1S/C17H16F3N5/c18-17(19,20)14-9-15(22-13-7-3-4-11(8-13)10-21)25-16(24-14)23-12-5-1-2-6-12/h3-4,7-9,12H,1-2,5-6H2,(H2,22,23,24,25). The third-order valence-electron chi connectivity index (χ3n) is 3.97. The number of halogens is 3. The number of aromatic nitrogens is 2. The zero-order valence-electron chi connectivity index (χ0n) is 13.3. The second kappa shape index (κ2) is 6.97. The molecule has 25 heavy (non-hydrogen) atoms. The van der Waals surface area contributed by atoms with E-state index >= 15 is 0 Å².